The number of ketones is 1. The average Bonchev–Trinajstić information content (AvgIpc) is 2.57. The van der Waals surface area contributed by atoms with Gasteiger partial charge in [-0.05, 0) is 18.8 Å². The molecule has 0 heterocycles. The summed E-state index contributed by atoms with van der Waals surface area (Å²) in [7, 11) is 0. The molecule has 1 aliphatic carbocycles. The van der Waals surface area contributed by atoms with E-state index in [1.54, 1.807) is 20.8 Å². The van der Waals surface area contributed by atoms with Crippen molar-refractivity contribution >= 4 is 5.78 Å². The molecular formula is C11H18N2O7. The lowest BCUT2D eigenvalue weighted by atomic mass is 9.85. The van der Waals surface area contributed by atoms with E-state index in [9.17, 15) is 25.0 Å². The first-order chi connectivity index (χ1) is 9.09. The molecule has 0 radical (unpaired) electrons. The Morgan fingerprint density at radius 2 is 1.50 bits per heavy atom. The Labute approximate surface area is 115 Å². The van der Waals surface area contributed by atoms with Crippen LogP contribution in [0.15, 0.2) is 0 Å². The van der Waals surface area contributed by atoms with E-state index in [1.165, 1.54) is 0 Å². The normalized spacial score (nSPS) is 26.1. The fraction of sp³-hybridized carbons (Fsp3) is 0.909. The summed E-state index contributed by atoms with van der Waals surface area (Å²) in [5.41, 5.74) is -0.512. The van der Waals surface area contributed by atoms with Crippen LogP contribution in [0.3, 0.4) is 0 Å². The minimum Gasteiger partial charge on any atom is -0.308 e. The molecule has 0 amide bonds. The molecule has 0 saturated heterocycles. The third-order valence-corrected chi connectivity index (χ3v) is 3.30. The molecule has 1 rings (SSSR count). The van der Waals surface area contributed by atoms with Crippen molar-refractivity contribution in [3.8, 4) is 0 Å². The molecule has 0 spiro atoms. The molecule has 3 atom stereocenters. The van der Waals surface area contributed by atoms with E-state index in [0.29, 0.717) is 0 Å². The van der Waals surface area contributed by atoms with E-state index >= 15 is 0 Å². The maximum Gasteiger partial charge on any atom is 0.294 e. The Morgan fingerprint density at radius 1 is 1.10 bits per heavy atom. The largest absolute Gasteiger partial charge is 0.308 e. The number of hydrogen-bond acceptors (Lipinski definition) is 7. The SMILES string of the molecule is CC(C)(C)C(=O)CC1C[C@H](O[N+](=O)[O-])[C@H](O[N+](=O)[O-])C1. The Hall–Kier alpha value is -1.93. The topological polar surface area (TPSA) is 122 Å². The van der Waals surface area contributed by atoms with Crippen LogP contribution >= 0.6 is 0 Å². The Kier molecular flexibility index (Phi) is 4.85. The Bertz CT molecular complexity index is 380. The van der Waals surface area contributed by atoms with Gasteiger partial charge in [0.05, 0.1) is 0 Å². The smallest absolute Gasteiger partial charge is 0.294 e. The first kappa shape index (κ1) is 16.1. The predicted molar refractivity (Wildman–Crippen MR) is 65.5 cm³/mol. The zero-order valence-corrected chi connectivity index (χ0v) is 11.6. The molecule has 0 bridgehead atoms. The van der Waals surface area contributed by atoms with Crippen LogP contribution in [-0.2, 0) is 14.5 Å². The molecule has 0 aromatic heterocycles. The van der Waals surface area contributed by atoms with Crippen LogP contribution in [0.1, 0.15) is 40.0 Å². The molecule has 0 aromatic rings. The fourth-order valence-electron chi connectivity index (χ4n) is 2.23. The van der Waals surface area contributed by atoms with Crippen LogP contribution in [0, 0.1) is 31.6 Å². The summed E-state index contributed by atoms with van der Waals surface area (Å²) in [5.74, 6) is -0.208. The molecule has 9 nitrogen and oxygen atoms in total. The minimum absolute atomic E-state index is 0.00380. The second kappa shape index (κ2) is 6.02. The van der Waals surface area contributed by atoms with E-state index in [0.717, 1.165) is 0 Å². The van der Waals surface area contributed by atoms with Gasteiger partial charge in [0.25, 0.3) is 10.2 Å². The first-order valence-corrected chi connectivity index (χ1v) is 6.25. The number of rotatable bonds is 6. The average molecular weight is 290 g/mol. The molecule has 20 heavy (non-hydrogen) atoms. The lowest BCUT2D eigenvalue weighted by Gasteiger charge is -2.19. The van der Waals surface area contributed by atoms with Gasteiger partial charge >= 0.3 is 0 Å². The third-order valence-electron chi connectivity index (χ3n) is 3.30. The highest BCUT2D eigenvalue weighted by Gasteiger charge is 2.41. The maximum absolute atomic E-state index is 11.9. The lowest BCUT2D eigenvalue weighted by Crippen LogP contribution is -2.30. The highest BCUT2D eigenvalue weighted by atomic mass is 17.0. The first-order valence-electron chi connectivity index (χ1n) is 6.25. The summed E-state index contributed by atoms with van der Waals surface area (Å²) < 4.78 is 0. The summed E-state index contributed by atoms with van der Waals surface area (Å²) >= 11 is 0. The second-order valence-electron chi connectivity index (χ2n) is 5.95. The van der Waals surface area contributed by atoms with Gasteiger partial charge in [0.15, 0.2) is 0 Å². The number of carbonyl (C=O) groups is 1. The number of nitrogens with zero attached hydrogens (tertiary/aromatic N) is 2. The molecule has 0 aliphatic heterocycles. The fourth-order valence-corrected chi connectivity index (χ4v) is 2.23. The van der Waals surface area contributed by atoms with Crippen molar-refractivity contribution in [3.63, 3.8) is 0 Å². The standard InChI is InChI=1S/C11H18N2O7/c1-11(2,3)10(14)6-7-4-8(19-12(15)16)9(5-7)20-13(17)18/h7-9H,4-6H2,1-3H3/t7?,8-,9+. The van der Waals surface area contributed by atoms with Crippen molar-refractivity contribution < 1.29 is 24.6 Å². The summed E-state index contributed by atoms with van der Waals surface area (Å²) in [5, 5.41) is 18.7. The summed E-state index contributed by atoms with van der Waals surface area (Å²) in [6, 6.07) is 0. The van der Waals surface area contributed by atoms with E-state index < -0.39 is 27.8 Å². The van der Waals surface area contributed by atoms with E-state index in [1.807, 2.05) is 0 Å². The Balaban J connectivity index is 2.66. The molecule has 1 saturated carbocycles. The number of carbonyl (C=O) groups excluding carboxylic acids is 1. The monoisotopic (exact) mass is 290 g/mol. The molecule has 1 unspecified atom stereocenters. The van der Waals surface area contributed by atoms with E-state index in [-0.39, 0.29) is 31.0 Å². The highest BCUT2D eigenvalue weighted by molar-refractivity contribution is 5.83. The Morgan fingerprint density at radius 3 is 1.80 bits per heavy atom. The van der Waals surface area contributed by atoms with Crippen LogP contribution < -0.4 is 0 Å². The van der Waals surface area contributed by atoms with Gasteiger partial charge in [-0.2, -0.15) is 0 Å². The van der Waals surface area contributed by atoms with Gasteiger partial charge < -0.3 is 9.68 Å². The number of Topliss-reactive ketones (excluding diaryl/α,β-unsaturated/α-hetero) is 1. The molecular weight excluding hydrogens is 272 g/mol. The van der Waals surface area contributed by atoms with Crippen molar-refractivity contribution in [2.24, 2.45) is 11.3 Å². The van der Waals surface area contributed by atoms with Crippen molar-refractivity contribution in [3.05, 3.63) is 20.2 Å². The molecule has 114 valence electrons. The van der Waals surface area contributed by atoms with Crippen LogP contribution in [0.25, 0.3) is 0 Å². The quantitative estimate of drug-likeness (QED) is 0.537. The zero-order valence-electron chi connectivity index (χ0n) is 11.6. The molecule has 0 aromatic carbocycles. The summed E-state index contributed by atoms with van der Waals surface area (Å²) in [6.45, 7) is 5.33. The van der Waals surface area contributed by atoms with Crippen LogP contribution in [0.5, 0.6) is 0 Å². The predicted octanol–water partition coefficient (Wildman–Crippen LogP) is 1.56. The van der Waals surface area contributed by atoms with Gasteiger partial charge in [-0.15, -0.1) is 20.2 Å². The molecule has 0 N–H and O–H groups in total. The van der Waals surface area contributed by atoms with Gasteiger partial charge in [-0.1, -0.05) is 20.8 Å². The number of hydrogen-bond donors (Lipinski definition) is 0. The zero-order chi connectivity index (χ0) is 15.5. The van der Waals surface area contributed by atoms with E-state index in [2.05, 4.69) is 9.68 Å². The lowest BCUT2D eigenvalue weighted by molar-refractivity contribution is -0.797. The minimum atomic E-state index is -1.01. The molecule has 1 aliphatic rings. The highest BCUT2D eigenvalue weighted by Crippen LogP contribution is 2.35. The van der Waals surface area contributed by atoms with Crippen LogP contribution in [0.4, 0.5) is 0 Å². The van der Waals surface area contributed by atoms with Crippen molar-refractivity contribution in [1.29, 1.82) is 0 Å². The summed E-state index contributed by atoms with van der Waals surface area (Å²) in [6.07, 6.45) is -1.41. The van der Waals surface area contributed by atoms with Crippen LogP contribution in [0.2, 0.25) is 0 Å². The van der Waals surface area contributed by atoms with E-state index in [4.69, 9.17) is 0 Å². The van der Waals surface area contributed by atoms with Crippen molar-refractivity contribution in [2.45, 2.75) is 52.2 Å². The van der Waals surface area contributed by atoms with Crippen molar-refractivity contribution in [2.75, 3.05) is 0 Å². The maximum atomic E-state index is 11.9. The van der Waals surface area contributed by atoms with Gasteiger partial charge in [-0.3, -0.25) is 4.79 Å². The molecule has 1 fully saturated rings. The van der Waals surface area contributed by atoms with Gasteiger partial charge in [0.2, 0.25) is 0 Å². The third kappa shape index (κ3) is 4.63. The van der Waals surface area contributed by atoms with Crippen molar-refractivity contribution in [1.82, 2.24) is 0 Å². The van der Waals surface area contributed by atoms with Gasteiger partial charge in [-0.25, -0.2) is 0 Å². The molecule has 9 heteroatoms. The second-order valence-corrected chi connectivity index (χ2v) is 5.95. The van der Waals surface area contributed by atoms with Gasteiger partial charge in [0, 0.05) is 11.8 Å². The van der Waals surface area contributed by atoms with Crippen LogP contribution in [-0.4, -0.2) is 28.2 Å². The van der Waals surface area contributed by atoms with Gasteiger partial charge in [0.1, 0.15) is 18.0 Å². The summed E-state index contributed by atoms with van der Waals surface area (Å²) in [4.78, 5) is 41.5.